The number of aliphatic hydroxyl groups excluding tert-OH is 1. The molecule has 2 nitrogen and oxygen atoms in total. The minimum absolute atomic E-state index is 0.282. The van der Waals surface area contributed by atoms with Gasteiger partial charge in [-0.1, -0.05) is 19.1 Å². The van der Waals surface area contributed by atoms with Gasteiger partial charge in [0.15, 0.2) is 0 Å². The number of aryl methyl sites for hydroxylation is 1. The predicted octanol–water partition coefficient (Wildman–Crippen LogP) is 1.90. The summed E-state index contributed by atoms with van der Waals surface area (Å²) in [6.07, 6.45) is -0.297. The van der Waals surface area contributed by atoms with E-state index < -0.39 is 12.1 Å². The summed E-state index contributed by atoms with van der Waals surface area (Å²) in [4.78, 5) is 0. The third-order valence-electron chi connectivity index (χ3n) is 2.35. The summed E-state index contributed by atoms with van der Waals surface area (Å²) >= 11 is 0. The molecule has 14 heavy (non-hydrogen) atoms. The van der Waals surface area contributed by atoms with Crippen LogP contribution in [0.5, 0.6) is 0 Å². The zero-order valence-corrected chi connectivity index (χ0v) is 8.50. The van der Waals surface area contributed by atoms with Crippen LogP contribution in [0.2, 0.25) is 0 Å². The maximum atomic E-state index is 13.4. The number of aliphatic hydroxyl groups is 1. The summed E-state index contributed by atoms with van der Waals surface area (Å²) in [7, 11) is 0. The van der Waals surface area contributed by atoms with Crippen LogP contribution >= 0.6 is 0 Å². The number of nitrogens with two attached hydrogens (primary N) is 1. The highest BCUT2D eigenvalue weighted by Gasteiger charge is 2.18. The highest BCUT2D eigenvalue weighted by Crippen LogP contribution is 2.21. The molecule has 3 heteroatoms. The Labute approximate surface area is 83.6 Å². The Hall–Kier alpha value is -0.930. The number of rotatable bonds is 3. The van der Waals surface area contributed by atoms with Crippen molar-refractivity contribution in [2.45, 2.75) is 32.4 Å². The Balaban J connectivity index is 2.95. The minimum atomic E-state index is -0.916. The van der Waals surface area contributed by atoms with Crippen LogP contribution in [-0.2, 0) is 0 Å². The van der Waals surface area contributed by atoms with Crippen molar-refractivity contribution >= 4 is 0 Å². The average molecular weight is 197 g/mol. The first-order valence-electron chi connectivity index (χ1n) is 4.76. The number of benzene rings is 1. The van der Waals surface area contributed by atoms with Crippen LogP contribution in [-0.4, -0.2) is 11.1 Å². The lowest BCUT2D eigenvalue weighted by Crippen LogP contribution is -2.27. The summed E-state index contributed by atoms with van der Waals surface area (Å²) in [5, 5.41) is 9.70. The van der Waals surface area contributed by atoms with Gasteiger partial charge in [-0.05, 0) is 25.0 Å². The van der Waals surface area contributed by atoms with Gasteiger partial charge in [0.25, 0.3) is 0 Å². The Bertz CT molecular complexity index is 314. The van der Waals surface area contributed by atoms with Crippen LogP contribution in [0.3, 0.4) is 0 Å². The topological polar surface area (TPSA) is 46.2 Å². The smallest absolute Gasteiger partial charge is 0.129 e. The summed E-state index contributed by atoms with van der Waals surface area (Å²) in [6, 6.07) is 4.35. The van der Waals surface area contributed by atoms with Crippen molar-refractivity contribution in [1.29, 1.82) is 0 Å². The van der Waals surface area contributed by atoms with E-state index in [1.165, 1.54) is 6.07 Å². The van der Waals surface area contributed by atoms with Crippen molar-refractivity contribution in [3.05, 3.63) is 35.1 Å². The van der Waals surface area contributed by atoms with E-state index in [9.17, 15) is 9.50 Å². The van der Waals surface area contributed by atoms with Gasteiger partial charge in [-0.15, -0.1) is 0 Å². The number of halogens is 1. The molecule has 0 aromatic heterocycles. The zero-order chi connectivity index (χ0) is 10.7. The van der Waals surface area contributed by atoms with Gasteiger partial charge in [-0.2, -0.15) is 0 Å². The summed E-state index contributed by atoms with van der Waals surface area (Å²) < 4.78 is 13.4. The van der Waals surface area contributed by atoms with E-state index in [0.717, 1.165) is 5.56 Å². The van der Waals surface area contributed by atoms with E-state index in [-0.39, 0.29) is 11.4 Å². The lowest BCUT2D eigenvalue weighted by atomic mass is 9.99. The molecule has 0 aliphatic heterocycles. The van der Waals surface area contributed by atoms with Crippen LogP contribution < -0.4 is 5.73 Å². The zero-order valence-electron chi connectivity index (χ0n) is 8.50. The van der Waals surface area contributed by atoms with Gasteiger partial charge in [0, 0.05) is 11.6 Å². The van der Waals surface area contributed by atoms with Crippen molar-refractivity contribution in [2.24, 2.45) is 5.73 Å². The molecular formula is C11H16FNO. The molecular weight excluding hydrogens is 181 g/mol. The van der Waals surface area contributed by atoms with Gasteiger partial charge in [-0.3, -0.25) is 0 Å². The van der Waals surface area contributed by atoms with Gasteiger partial charge in [0.05, 0.1) is 6.10 Å². The Morgan fingerprint density at radius 3 is 2.64 bits per heavy atom. The molecule has 0 aliphatic carbocycles. The summed E-state index contributed by atoms with van der Waals surface area (Å²) in [5.41, 5.74) is 6.76. The van der Waals surface area contributed by atoms with E-state index in [4.69, 9.17) is 5.73 Å². The molecule has 3 N–H and O–H groups in total. The second-order valence-electron chi connectivity index (χ2n) is 3.54. The third kappa shape index (κ3) is 2.30. The van der Waals surface area contributed by atoms with Gasteiger partial charge in [-0.25, -0.2) is 4.39 Å². The maximum Gasteiger partial charge on any atom is 0.129 e. The molecule has 0 amide bonds. The first-order chi connectivity index (χ1) is 6.56. The second kappa shape index (κ2) is 4.53. The molecule has 1 aromatic carbocycles. The second-order valence-corrected chi connectivity index (χ2v) is 3.54. The molecule has 0 fully saturated rings. The molecule has 0 heterocycles. The monoisotopic (exact) mass is 197 g/mol. The Morgan fingerprint density at radius 2 is 2.14 bits per heavy atom. The quantitative estimate of drug-likeness (QED) is 0.777. The van der Waals surface area contributed by atoms with Crippen molar-refractivity contribution in [3.8, 4) is 0 Å². The fraction of sp³-hybridized carbons (Fsp3) is 0.455. The minimum Gasteiger partial charge on any atom is -0.387 e. The van der Waals surface area contributed by atoms with Crippen LogP contribution in [0.25, 0.3) is 0 Å². The van der Waals surface area contributed by atoms with Crippen molar-refractivity contribution in [3.63, 3.8) is 0 Å². The molecule has 0 aliphatic rings. The lowest BCUT2D eigenvalue weighted by Gasteiger charge is -2.18. The van der Waals surface area contributed by atoms with E-state index in [1.54, 1.807) is 19.1 Å². The Kier molecular flexibility index (Phi) is 3.61. The molecule has 0 spiro atoms. The SMILES string of the molecule is CCC(N)C(O)c1ccc(C)cc1F. The summed E-state index contributed by atoms with van der Waals surface area (Å²) in [5.74, 6) is -0.388. The summed E-state index contributed by atoms with van der Waals surface area (Å²) in [6.45, 7) is 3.67. The fourth-order valence-electron chi connectivity index (χ4n) is 1.33. The first kappa shape index (κ1) is 11.1. The standard InChI is InChI=1S/C11H16FNO/c1-3-10(13)11(14)8-5-4-7(2)6-9(8)12/h4-6,10-11,14H,3,13H2,1-2H3. The van der Waals surface area contributed by atoms with E-state index >= 15 is 0 Å². The van der Waals surface area contributed by atoms with E-state index in [1.807, 2.05) is 6.92 Å². The maximum absolute atomic E-state index is 13.4. The molecule has 2 atom stereocenters. The molecule has 78 valence electrons. The third-order valence-corrected chi connectivity index (χ3v) is 2.35. The van der Waals surface area contributed by atoms with Gasteiger partial charge in [0.1, 0.15) is 5.82 Å². The van der Waals surface area contributed by atoms with Crippen LogP contribution in [0.15, 0.2) is 18.2 Å². The molecule has 1 rings (SSSR count). The predicted molar refractivity (Wildman–Crippen MR) is 54.4 cm³/mol. The molecule has 2 unspecified atom stereocenters. The van der Waals surface area contributed by atoms with E-state index in [0.29, 0.717) is 6.42 Å². The van der Waals surface area contributed by atoms with Gasteiger partial charge < -0.3 is 10.8 Å². The van der Waals surface area contributed by atoms with E-state index in [2.05, 4.69) is 0 Å². The molecule has 0 bridgehead atoms. The van der Waals surface area contributed by atoms with Crippen LogP contribution in [0, 0.1) is 12.7 Å². The van der Waals surface area contributed by atoms with Gasteiger partial charge >= 0.3 is 0 Å². The van der Waals surface area contributed by atoms with Gasteiger partial charge in [0.2, 0.25) is 0 Å². The fourth-order valence-corrected chi connectivity index (χ4v) is 1.33. The Morgan fingerprint density at radius 1 is 1.50 bits per heavy atom. The van der Waals surface area contributed by atoms with Crippen molar-refractivity contribution in [2.75, 3.05) is 0 Å². The van der Waals surface area contributed by atoms with Crippen LogP contribution in [0.4, 0.5) is 4.39 Å². The largest absolute Gasteiger partial charge is 0.387 e. The molecule has 0 radical (unpaired) electrons. The van der Waals surface area contributed by atoms with Crippen molar-refractivity contribution in [1.82, 2.24) is 0 Å². The number of hydrogen-bond donors (Lipinski definition) is 2. The highest BCUT2D eigenvalue weighted by molar-refractivity contribution is 5.25. The first-order valence-corrected chi connectivity index (χ1v) is 4.76. The van der Waals surface area contributed by atoms with Crippen LogP contribution in [0.1, 0.15) is 30.6 Å². The number of hydrogen-bond acceptors (Lipinski definition) is 2. The van der Waals surface area contributed by atoms with Crippen molar-refractivity contribution < 1.29 is 9.50 Å². The average Bonchev–Trinajstić information content (AvgIpc) is 2.15. The molecule has 0 saturated heterocycles. The molecule has 1 aromatic rings. The molecule has 0 saturated carbocycles. The lowest BCUT2D eigenvalue weighted by molar-refractivity contribution is 0.140. The highest BCUT2D eigenvalue weighted by atomic mass is 19.1. The normalized spacial score (nSPS) is 15.2.